The van der Waals surface area contributed by atoms with Gasteiger partial charge in [0.15, 0.2) is 0 Å². The summed E-state index contributed by atoms with van der Waals surface area (Å²) >= 11 is 11.8. The van der Waals surface area contributed by atoms with Crippen molar-refractivity contribution in [2.45, 2.75) is 6.61 Å². The van der Waals surface area contributed by atoms with Crippen LogP contribution < -0.4 is 0 Å². The van der Waals surface area contributed by atoms with E-state index < -0.39 is 10.9 Å². The molecule has 0 N–H and O–H groups in total. The summed E-state index contributed by atoms with van der Waals surface area (Å²) in [6.45, 7) is -0.0441. The molecule has 0 fully saturated rings. The predicted octanol–water partition coefficient (Wildman–Crippen LogP) is 4.26. The fraction of sp³-hybridized carbons (Fsp3) is 0.0714. The second kappa shape index (κ2) is 6.56. The average Bonchev–Trinajstić information content (AvgIpc) is 2.46. The van der Waals surface area contributed by atoms with Crippen molar-refractivity contribution < 1.29 is 14.5 Å². The number of rotatable bonds is 4. The van der Waals surface area contributed by atoms with E-state index in [0.717, 1.165) is 0 Å². The average molecular weight is 326 g/mol. The van der Waals surface area contributed by atoms with Crippen LogP contribution in [0.3, 0.4) is 0 Å². The number of hydrogen-bond acceptors (Lipinski definition) is 4. The maximum absolute atomic E-state index is 12.0. The highest BCUT2D eigenvalue weighted by molar-refractivity contribution is 6.35. The molecule has 0 heterocycles. The maximum Gasteiger partial charge on any atom is 0.340 e. The van der Waals surface area contributed by atoms with Gasteiger partial charge in [0, 0.05) is 16.7 Å². The van der Waals surface area contributed by atoms with Gasteiger partial charge in [-0.05, 0) is 12.1 Å². The quantitative estimate of drug-likeness (QED) is 0.478. The van der Waals surface area contributed by atoms with Gasteiger partial charge in [0.05, 0.1) is 10.5 Å². The number of ether oxygens (including phenoxy) is 1. The summed E-state index contributed by atoms with van der Waals surface area (Å²) in [7, 11) is 0. The van der Waals surface area contributed by atoms with Crippen LogP contribution in [-0.4, -0.2) is 10.9 Å². The molecule has 0 unspecified atom stereocenters. The number of nitro benzene ring substituents is 1. The topological polar surface area (TPSA) is 69.4 Å². The molecule has 0 aliphatic rings. The fourth-order valence-electron chi connectivity index (χ4n) is 1.65. The number of benzene rings is 2. The normalized spacial score (nSPS) is 10.2. The van der Waals surface area contributed by atoms with Crippen molar-refractivity contribution in [2.24, 2.45) is 0 Å². The molecule has 0 atom stereocenters. The molecule has 2 aromatic rings. The standard InChI is InChI=1S/C14H9Cl2NO4/c15-11-6-2-1-4-9(11)8-21-14(18)10-5-3-7-12(13(10)16)17(19)20/h1-7H,8H2. The second-order valence-corrected chi connectivity index (χ2v) is 4.85. The Labute approximate surface area is 130 Å². The van der Waals surface area contributed by atoms with Gasteiger partial charge in [-0.25, -0.2) is 4.79 Å². The molecule has 0 aliphatic heterocycles. The van der Waals surface area contributed by atoms with E-state index in [1.54, 1.807) is 24.3 Å². The zero-order valence-corrected chi connectivity index (χ0v) is 12.1. The first-order chi connectivity index (χ1) is 10.0. The van der Waals surface area contributed by atoms with E-state index in [9.17, 15) is 14.9 Å². The molecule has 0 bridgehead atoms. The lowest BCUT2D eigenvalue weighted by Gasteiger charge is -2.07. The molecule has 2 aromatic carbocycles. The Hall–Kier alpha value is -2.11. The summed E-state index contributed by atoms with van der Waals surface area (Å²) in [5, 5.41) is 11.0. The Morgan fingerprint density at radius 2 is 1.86 bits per heavy atom. The number of nitro groups is 1. The van der Waals surface area contributed by atoms with Gasteiger partial charge in [0.25, 0.3) is 5.69 Å². The van der Waals surface area contributed by atoms with Crippen LogP contribution >= 0.6 is 23.2 Å². The van der Waals surface area contributed by atoms with Crippen molar-refractivity contribution in [1.82, 2.24) is 0 Å². The van der Waals surface area contributed by atoms with Crippen LogP contribution in [0.1, 0.15) is 15.9 Å². The zero-order chi connectivity index (χ0) is 15.4. The van der Waals surface area contributed by atoms with Crippen molar-refractivity contribution in [3.63, 3.8) is 0 Å². The van der Waals surface area contributed by atoms with E-state index in [-0.39, 0.29) is 22.9 Å². The summed E-state index contributed by atoms with van der Waals surface area (Å²) in [5.74, 6) is -0.747. The van der Waals surface area contributed by atoms with Crippen molar-refractivity contribution >= 4 is 34.9 Å². The number of halogens is 2. The lowest BCUT2D eigenvalue weighted by molar-refractivity contribution is -0.384. The van der Waals surface area contributed by atoms with E-state index in [0.29, 0.717) is 10.6 Å². The largest absolute Gasteiger partial charge is 0.457 e. The predicted molar refractivity (Wildman–Crippen MR) is 78.7 cm³/mol. The summed E-state index contributed by atoms with van der Waals surface area (Å²) in [5.41, 5.74) is 0.232. The van der Waals surface area contributed by atoms with Crippen LogP contribution in [0, 0.1) is 10.1 Å². The van der Waals surface area contributed by atoms with E-state index in [4.69, 9.17) is 27.9 Å². The highest BCUT2D eigenvalue weighted by atomic mass is 35.5. The molecule has 21 heavy (non-hydrogen) atoms. The van der Waals surface area contributed by atoms with Crippen LogP contribution in [0.4, 0.5) is 5.69 Å². The van der Waals surface area contributed by atoms with Gasteiger partial charge in [-0.2, -0.15) is 0 Å². The van der Waals surface area contributed by atoms with Gasteiger partial charge in [0.1, 0.15) is 11.6 Å². The molecule has 0 aliphatic carbocycles. The number of nitrogens with zero attached hydrogens (tertiary/aromatic N) is 1. The Kier molecular flexibility index (Phi) is 4.77. The lowest BCUT2D eigenvalue weighted by atomic mass is 10.2. The molecule has 0 aromatic heterocycles. The van der Waals surface area contributed by atoms with Crippen molar-refractivity contribution in [1.29, 1.82) is 0 Å². The van der Waals surface area contributed by atoms with Gasteiger partial charge in [-0.1, -0.05) is 47.5 Å². The van der Waals surface area contributed by atoms with Gasteiger partial charge in [-0.3, -0.25) is 10.1 Å². The van der Waals surface area contributed by atoms with Crippen LogP contribution in [0.5, 0.6) is 0 Å². The van der Waals surface area contributed by atoms with Crippen molar-refractivity contribution in [2.75, 3.05) is 0 Å². The fourth-order valence-corrected chi connectivity index (χ4v) is 2.12. The lowest BCUT2D eigenvalue weighted by Crippen LogP contribution is -2.07. The minimum Gasteiger partial charge on any atom is -0.457 e. The molecule has 0 saturated carbocycles. The molecule has 0 radical (unpaired) electrons. The van der Waals surface area contributed by atoms with Crippen LogP contribution in [0.15, 0.2) is 42.5 Å². The first-order valence-electron chi connectivity index (χ1n) is 5.84. The minimum atomic E-state index is -0.747. The number of carbonyl (C=O) groups is 1. The highest BCUT2D eigenvalue weighted by Crippen LogP contribution is 2.28. The molecular weight excluding hydrogens is 317 g/mol. The molecule has 2 rings (SSSR count). The van der Waals surface area contributed by atoms with Gasteiger partial charge >= 0.3 is 5.97 Å². The highest BCUT2D eigenvalue weighted by Gasteiger charge is 2.21. The molecule has 0 amide bonds. The van der Waals surface area contributed by atoms with E-state index >= 15 is 0 Å². The Morgan fingerprint density at radius 1 is 1.14 bits per heavy atom. The SMILES string of the molecule is O=C(OCc1ccccc1Cl)c1cccc([N+](=O)[O-])c1Cl. The summed E-state index contributed by atoms with van der Waals surface area (Å²) in [4.78, 5) is 22.1. The van der Waals surface area contributed by atoms with Crippen molar-refractivity contribution in [3.05, 3.63) is 73.8 Å². The maximum atomic E-state index is 12.0. The smallest absolute Gasteiger partial charge is 0.340 e. The number of hydrogen-bond donors (Lipinski definition) is 0. The van der Waals surface area contributed by atoms with Crippen LogP contribution in [0.25, 0.3) is 0 Å². The van der Waals surface area contributed by atoms with E-state index in [1.165, 1.54) is 18.2 Å². The minimum absolute atomic E-state index is 0.0441. The molecule has 0 spiro atoms. The second-order valence-electron chi connectivity index (χ2n) is 4.06. The zero-order valence-electron chi connectivity index (χ0n) is 10.6. The third kappa shape index (κ3) is 3.51. The molecular formula is C14H9Cl2NO4. The molecule has 7 heteroatoms. The van der Waals surface area contributed by atoms with Crippen molar-refractivity contribution in [3.8, 4) is 0 Å². The monoisotopic (exact) mass is 325 g/mol. The molecule has 0 saturated heterocycles. The Balaban J connectivity index is 2.16. The summed E-state index contributed by atoms with van der Waals surface area (Å²) in [6, 6.07) is 10.9. The molecule has 5 nitrogen and oxygen atoms in total. The summed E-state index contributed by atoms with van der Waals surface area (Å²) in [6.07, 6.45) is 0. The van der Waals surface area contributed by atoms with Gasteiger partial charge < -0.3 is 4.74 Å². The number of carbonyl (C=O) groups excluding carboxylic acids is 1. The van der Waals surface area contributed by atoms with Crippen LogP contribution in [-0.2, 0) is 11.3 Å². The van der Waals surface area contributed by atoms with E-state index in [2.05, 4.69) is 0 Å². The first kappa shape index (κ1) is 15.3. The number of esters is 1. The van der Waals surface area contributed by atoms with Gasteiger partial charge in [-0.15, -0.1) is 0 Å². The Morgan fingerprint density at radius 3 is 2.52 bits per heavy atom. The Bertz CT molecular complexity index is 703. The third-order valence-corrected chi connectivity index (χ3v) is 3.48. The van der Waals surface area contributed by atoms with Gasteiger partial charge in [0.2, 0.25) is 0 Å². The molecule has 108 valence electrons. The van der Waals surface area contributed by atoms with E-state index in [1.807, 2.05) is 0 Å². The summed E-state index contributed by atoms with van der Waals surface area (Å²) < 4.78 is 5.08. The third-order valence-electron chi connectivity index (χ3n) is 2.71. The van der Waals surface area contributed by atoms with Crippen LogP contribution in [0.2, 0.25) is 10.0 Å². The first-order valence-corrected chi connectivity index (χ1v) is 6.59.